The number of nitrogens with two attached hydrogens (primary N) is 1. The van der Waals surface area contributed by atoms with Gasteiger partial charge in [0.05, 0.1) is 10.0 Å². The maximum absolute atomic E-state index is 12.9. The lowest BCUT2D eigenvalue weighted by Gasteiger charge is -2.16. The zero-order valence-corrected chi connectivity index (χ0v) is 11.5. The lowest BCUT2D eigenvalue weighted by atomic mass is 9.99. The van der Waals surface area contributed by atoms with E-state index in [1.165, 1.54) is 12.1 Å². The van der Waals surface area contributed by atoms with Gasteiger partial charge in [0.15, 0.2) is 0 Å². The predicted octanol–water partition coefficient (Wildman–Crippen LogP) is 3.88. The van der Waals surface area contributed by atoms with Crippen LogP contribution in [0.15, 0.2) is 42.5 Å². The van der Waals surface area contributed by atoms with Gasteiger partial charge in [-0.15, -0.1) is 0 Å². The smallest absolute Gasteiger partial charge is 0.123 e. The first-order valence-electron chi connectivity index (χ1n) is 5.75. The normalized spacial score (nSPS) is 12.4. The van der Waals surface area contributed by atoms with E-state index in [4.69, 9.17) is 29.0 Å². The van der Waals surface area contributed by atoms with E-state index in [-0.39, 0.29) is 11.9 Å². The Hall–Kier alpha value is -1.13. The van der Waals surface area contributed by atoms with Gasteiger partial charge in [0.25, 0.3) is 0 Å². The molecule has 0 aliphatic rings. The van der Waals surface area contributed by atoms with Crippen molar-refractivity contribution in [1.29, 1.82) is 0 Å². The standard InChI is InChI=1S/C14H13Cl2FN2/c15-12-6-1-9(7-13(12)16)8-14(19-18)10-2-4-11(17)5-3-10/h1-7,14,19H,8,18H2. The largest absolute Gasteiger partial charge is 0.271 e. The molecule has 0 aliphatic heterocycles. The van der Waals surface area contributed by atoms with E-state index in [0.29, 0.717) is 16.5 Å². The molecule has 0 fully saturated rings. The average Bonchev–Trinajstić information content (AvgIpc) is 2.41. The molecule has 1 unspecified atom stereocenters. The van der Waals surface area contributed by atoms with Gasteiger partial charge >= 0.3 is 0 Å². The Morgan fingerprint density at radius 1 is 1.05 bits per heavy atom. The first-order valence-corrected chi connectivity index (χ1v) is 6.51. The van der Waals surface area contributed by atoms with Gasteiger partial charge in [-0.05, 0) is 41.8 Å². The van der Waals surface area contributed by atoms with Crippen molar-refractivity contribution >= 4 is 23.2 Å². The summed E-state index contributed by atoms with van der Waals surface area (Å²) in [5, 5.41) is 1.03. The minimum absolute atomic E-state index is 0.113. The van der Waals surface area contributed by atoms with E-state index >= 15 is 0 Å². The average molecular weight is 299 g/mol. The molecule has 100 valence electrons. The van der Waals surface area contributed by atoms with Crippen LogP contribution in [0.4, 0.5) is 4.39 Å². The highest BCUT2D eigenvalue weighted by Crippen LogP contribution is 2.25. The zero-order valence-electron chi connectivity index (χ0n) is 10.0. The fourth-order valence-corrected chi connectivity index (χ4v) is 2.19. The Kier molecular flexibility index (Phi) is 4.77. The lowest BCUT2D eigenvalue weighted by molar-refractivity contribution is 0.549. The van der Waals surface area contributed by atoms with Crippen LogP contribution < -0.4 is 11.3 Å². The predicted molar refractivity (Wildman–Crippen MR) is 76.6 cm³/mol. The number of benzene rings is 2. The second kappa shape index (κ2) is 6.35. The van der Waals surface area contributed by atoms with Crippen LogP contribution in [0.1, 0.15) is 17.2 Å². The Labute approximate surface area is 121 Å². The number of rotatable bonds is 4. The van der Waals surface area contributed by atoms with Gasteiger partial charge in [-0.2, -0.15) is 0 Å². The molecule has 0 bridgehead atoms. The van der Waals surface area contributed by atoms with E-state index in [1.54, 1.807) is 24.3 Å². The van der Waals surface area contributed by atoms with Crippen molar-refractivity contribution in [3.05, 3.63) is 69.5 Å². The molecule has 2 aromatic carbocycles. The van der Waals surface area contributed by atoms with Gasteiger partial charge in [-0.25, -0.2) is 4.39 Å². The summed E-state index contributed by atoms with van der Waals surface area (Å²) in [5.74, 6) is 5.29. The Balaban J connectivity index is 2.18. The Morgan fingerprint density at radius 2 is 1.74 bits per heavy atom. The van der Waals surface area contributed by atoms with Crippen molar-refractivity contribution in [3.63, 3.8) is 0 Å². The van der Waals surface area contributed by atoms with E-state index in [1.807, 2.05) is 6.07 Å². The van der Waals surface area contributed by atoms with Crippen LogP contribution in [-0.4, -0.2) is 0 Å². The summed E-state index contributed by atoms with van der Waals surface area (Å²) in [6, 6.07) is 11.6. The van der Waals surface area contributed by atoms with Gasteiger partial charge < -0.3 is 0 Å². The quantitative estimate of drug-likeness (QED) is 0.664. The summed E-state index contributed by atoms with van der Waals surface area (Å²) in [6.45, 7) is 0. The molecule has 5 heteroatoms. The SMILES string of the molecule is NNC(Cc1ccc(Cl)c(Cl)c1)c1ccc(F)cc1. The van der Waals surface area contributed by atoms with Crippen molar-refractivity contribution in [3.8, 4) is 0 Å². The first-order chi connectivity index (χ1) is 9.10. The fraction of sp³-hybridized carbons (Fsp3) is 0.143. The Bertz CT molecular complexity index is 558. The number of nitrogens with one attached hydrogen (secondary N) is 1. The number of halogens is 3. The van der Waals surface area contributed by atoms with Gasteiger partial charge in [-0.3, -0.25) is 11.3 Å². The van der Waals surface area contributed by atoms with Gasteiger partial charge in [-0.1, -0.05) is 41.4 Å². The lowest BCUT2D eigenvalue weighted by Crippen LogP contribution is -2.29. The van der Waals surface area contributed by atoms with Gasteiger partial charge in [0.2, 0.25) is 0 Å². The molecule has 2 nitrogen and oxygen atoms in total. The summed E-state index contributed by atoms with van der Waals surface area (Å²) in [6.07, 6.45) is 0.638. The molecule has 19 heavy (non-hydrogen) atoms. The van der Waals surface area contributed by atoms with E-state index < -0.39 is 0 Å². The molecule has 0 spiro atoms. The summed E-state index contributed by atoms with van der Waals surface area (Å²) >= 11 is 11.8. The molecular weight excluding hydrogens is 286 g/mol. The highest BCUT2D eigenvalue weighted by Gasteiger charge is 2.11. The maximum Gasteiger partial charge on any atom is 0.123 e. The number of hydrogen-bond acceptors (Lipinski definition) is 2. The zero-order chi connectivity index (χ0) is 13.8. The van der Waals surface area contributed by atoms with E-state index in [2.05, 4.69) is 5.43 Å². The van der Waals surface area contributed by atoms with E-state index in [0.717, 1.165) is 11.1 Å². The molecule has 0 aliphatic carbocycles. The molecule has 0 aromatic heterocycles. The third kappa shape index (κ3) is 3.67. The highest BCUT2D eigenvalue weighted by atomic mass is 35.5. The molecule has 0 radical (unpaired) electrons. The molecule has 0 saturated heterocycles. The summed E-state index contributed by atoms with van der Waals surface area (Å²) in [4.78, 5) is 0. The van der Waals surface area contributed by atoms with Crippen LogP contribution in [0, 0.1) is 5.82 Å². The fourth-order valence-electron chi connectivity index (χ4n) is 1.87. The maximum atomic E-state index is 12.9. The van der Waals surface area contributed by atoms with Gasteiger partial charge in [0, 0.05) is 6.04 Å². The van der Waals surface area contributed by atoms with Crippen LogP contribution in [0.25, 0.3) is 0 Å². The second-order valence-corrected chi connectivity index (χ2v) is 5.04. The molecule has 2 rings (SSSR count). The molecule has 1 atom stereocenters. The highest BCUT2D eigenvalue weighted by molar-refractivity contribution is 6.42. The van der Waals surface area contributed by atoms with Crippen LogP contribution >= 0.6 is 23.2 Å². The third-order valence-electron chi connectivity index (χ3n) is 2.90. The minimum Gasteiger partial charge on any atom is -0.271 e. The van der Waals surface area contributed by atoms with Crippen LogP contribution in [0.2, 0.25) is 10.0 Å². The van der Waals surface area contributed by atoms with Gasteiger partial charge in [0.1, 0.15) is 5.82 Å². The summed E-state index contributed by atoms with van der Waals surface area (Å²) in [7, 11) is 0. The Morgan fingerprint density at radius 3 is 2.32 bits per heavy atom. The van der Waals surface area contributed by atoms with Crippen molar-refractivity contribution in [2.75, 3.05) is 0 Å². The van der Waals surface area contributed by atoms with Crippen molar-refractivity contribution < 1.29 is 4.39 Å². The second-order valence-electron chi connectivity index (χ2n) is 4.22. The van der Waals surface area contributed by atoms with Crippen LogP contribution in [-0.2, 0) is 6.42 Å². The van der Waals surface area contributed by atoms with Crippen molar-refractivity contribution in [1.82, 2.24) is 5.43 Å². The van der Waals surface area contributed by atoms with E-state index in [9.17, 15) is 4.39 Å². The number of hydrogen-bond donors (Lipinski definition) is 2. The molecule has 2 aromatic rings. The summed E-state index contributed by atoms with van der Waals surface area (Å²) < 4.78 is 12.9. The van der Waals surface area contributed by atoms with Crippen LogP contribution in [0.3, 0.4) is 0 Å². The minimum atomic E-state index is -0.269. The molecule has 0 amide bonds. The van der Waals surface area contributed by atoms with Crippen molar-refractivity contribution in [2.24, 2.45) is 5.84 Å². The first kappa shape index (κ1) is 14.3. The van der Waals surface area contributed by atoms with Crippen LogP contribution in [0.5, 0.6) is 0 Å². The number of hydrazine groups is 1. The molecule has 3 N–H and O–H groups in total. The molecule has 0 heterocycles. The third-order valence-corrected chi connectivity index (χ3v) is 3.64. The monoisotopic (exact) mass is 298 g/mol. The molecule has 0 saturated carbocycles. The van der Waals surface area contributed by atoms with Crippen molar-refractivity contribution in [2.45, 2.75) is 12.5 Å². The molecular formula is C14H13Cl2FN2. The summed E-state index contributed by atoms with van der Waals surface area (Å²) in [5.41, 5.74) is 4.64. The topological polar surface area (TPSA) is 38.0 Å².